The second-order valence-corrected chi connectivity index (χ2v) is 6.36. The summed E-state index contributed by atoms with van der Waals surface area (Å²) in [5, 5.41) is 5.60. The molecule has 1 atom stereocenters. The summed E-state index contributed by atoms with van der Waals surface area (Å²) < 4.78 is 5.28. The summed E-state index contributed by atoms with van der Waals surface area (Å²) in [7, 11) is 0. The Morgan fingerprint density at radius 3 is 2.77 bits per heavy atom. The van der Waals surface area contributed by atoms with Crippen LogP contribution < -0.4 is 15.5 Å². The minimum absolute atomic E-state index is 0.0409. The van der Waals surface area contributed by atoms with Crippen LogP contribution in [0.3, 0.4) is 0 Å². The van der Waals surface area contributed by atoms with E-state index in [4.69, 9.17) is 4.74 Å². The van der Waals surface area contributed by atoms with Gasteiger partial charge in [0, 0.05) is 13.1 Å². The molecule has 1 heterocycles. The number of nitrogens with zero attached hydrogens (tertiary/aromatic N) is 1. The maximum absolute atomic E-state index is 11.8. The minimum atomic E-state index is -0.497. The van der Waals surface area contributed by atoms with Gasteiger partial charge in [0.25, 0.3) is 0 Å². The van der Waals surface area contributed by atoms with Crippen LogP contribution in [0.5, 0.6) is 0 Å². The third-order valence-corrected chi connectivity index (χ3v) is 3.37. The molecule has 22 heavy (non-hydrogen) atoms. The zero-order chi connectivity index (χ0) is 16.2. The average Bonchev–Trinajstić information content (AvgIpc) is 2.85. The van der Waals surface area contributed by atoms with Crippen LogP contribution in [0.4, 0.5) is 16.2 Å². The molecule has 6 heteroatoms. The van der Waals surface area contributed by atoms with E-state index < -0.39 is 11.7 Å². The molecule has 1 aromatic carbocycles. The number of rotatable bonds is 4. The molecule has 0 bridgehead atoms. The molecule has 0 aromatic heterocycles. The predicted octanol–water partition coefficient (Wildman–Crippen LogP) is 2.36. The smallest absolute Gasteiger partial charge is 0.407 e. The van der Waals surface area contributed by atoms with Crippen LogP contribution in [-0.2, 0) is 9.53 Å². The lowest BCUT2D eigenvalue weighted by molar-refractivity contribution is -0.105. The molecule has 6 nitrogen and oxygen atoms in total. The van der Waals surface area contributed by atoms with Gasteiger partial charge in [0.1, 0.15) is 5.60 Å². The summed E-state index contributed by atoms with van der Waals surface area (Å²) in [6.07, 6.45) is 1.12. The van der Waals surface area contributed by atoms with Gasteiger partial charge in [-0.2, -0.15) is 0 Å². The van der Waals surface area contributed by atoms with E-state index in [1.54, 1.807) is 0 Å². The first-order valence-corrected chi connectivity index (χ1v) is 7.43. The fourth-order valence-corrected chi connectivity index (χ4v) is 2.51. The molecule has 0 saturated carbocycles. The lowest BCUT2D eigenvalue weighted by Gasteiger charge is -2.23. The monoisotopic (exact) mass is 305 g/mol. The second kappa shape index (κ2) is 6.68. The Labute approximate surface area is 130 Å². The Bertz CT molecular complexity index is 540. The van der Waals surface area contributed by atoms with Crippen LogP contribution in [0.15, 0.2) is 24.3 Å². The van der Waals surface area contributed by atoms with Gasteiger partial charge in [0.15, 0.2) is 0 Å². The summed E-state index contributed by atoms with van der Waals surface area (Å²) in [5.74, 6) is 0. The van der Waals surface area contributed by atoms with Crippen molar-refractivity contribution in [3.8, 4) is 0 Å². The predicted molar refractivity (Wildman–Crippen MR) is 86.1 cm³/mol. The summed E-state index contributed by atoms with van der Waals surface area (Å²) in [6, 6.07) is 7.67. The zero-order valence-corrected chi connectivity index (χ0v) is 13.3. The van der Waals surface area contributed by atoms with Crippen LogP contribution in [0.25, 0.3) is 0 Å². The van der Waals surface area contributed by atoms with Gasteiger partial charge in [0.2, 0.25) is 6.41 Å². The van der Waals surface area contributed by atoms with Gasteiger partial charge in [-0.05, 0) is 39.3 Å². The molecular weight excluding hydrogens is 282 g/mol. The lowest BCUT2D eigenvalue weighted by atomic mass is 10.2. The molecule has 120 valence electrons. The number of para-hydroxylation sites is 2. The fraction of sp³-hybridized carbons (Fsp3) is 0.500. The highest BCUT2D eigenvalue weighted by atomic mass is 16.6. The molecular formula is C16H23N3O3. The Balaban J connectivity index is 1.96. The second-order valence-electron chi connectivity index (χ2n) is 6.36. The van der Waals surface area contributed by atoms with Gasteiger partial charge < -0.3 is 20.3 Å². The normalized spacial score (nSPS) is 18.0. The first-order chi connectivity index (χ1) is 10.4. The SMILES string of the molecule is CC(C)(C)OC(=O)NC1CCN(c2ccccc2NC=O)C1. The highest BCUT2D eigenvalue weighted by Gasteiger charge is 2.27. The molecule has 1 aliphatic heterocycles. The summed E-state index contributed by atoms with van der Waals surface area (Å²) in [4.78, 5) is 24.6. The van der Waals surface area contributed by atoms with E-state index in [1.165, 1.54) is 0 Å². The number of amides is 2. The molecule has 1 aromatic rings. The minimum Gasteiger partial charge on any atom is -0.444 e. The van der Waals surface area contributed by atoms with Crippen molar-refractivity contribution in [3.05, 3.63) is 24.3 Å². The number of nitrogens with one attached hydrogen (secondary N) is 2. The van der Waals surface area contributed by atoms with E-state index in [9.17, 15) is 9.59 Å². The maximum atomic E-state index is 11.8. The molecule has 0 spiro atoms. The van der Waals surface area contributed by atoms with Gasteiger partial charge in [-0.15, -0.1) is 0 Å². The molecule has 0 radical (unpaired) electrons. The molecule has 1 saturated heterocycles. The standard InChI is InChI=1S/C16H23N3O3/c1-16(2,3)22-15(21)18-12-8-9-19(10-12)14-7-5-4-6-13(14)17-11-20/h4-7,11-12H,8-10H2,1-3H3,(H,17,20)(H,18,21). The van der Waals surface area contributed by atoms with Crippen LogP contribution in [0, 0.1) is 0 Å². The third-order valence-electron chi connectivity index (χ3n) is 3.37. The van der Waals surface area contributed by atoms with Gasteiger partial charge >= 0.3 is 6.09 Å². The van der Waals surface area contributed by atoms with Crippen molar-refractivity contribution < 1.29 is 14.3 Å². The number of carbonyl (C=O) groups excluding carboxylic acids is 2. The molecule has 1 unspecified atom stereocenters. The Hall–Kier alpha value is -2.24. The quantitative estimate of drug-likeness (QED) is 0.838. The van der Waals surface area contributed by atoms with E-state index in [0.29, 0.717) is 13.0 Å². The largest absolute Gasteiger partial charge is 0.444 e. The number of carbonyl (C=O) groups is 2. The fourth-order valence-electron chi connectivity index (χ4n) is 2.51. The average molecular weight is 305 g/mol. The van der Waals surface area contributed by atoms with E-state index in [1.807, 2.05) is 45.0 Å². The van der Waals surface area contributed by atoms with Crippen molar-refractivity contribution in [1.82, 2.24) is 5.32 Å². The Morgan fingerprint density at radius 2 is 2.09 bits per heavy atom. The lowest BCUT2D eigenvalue weighted by Crippen LogP contribution is -2.40. The highest BCUT2D eigenvalue weighted by molar-refractivity contribution is 5.81. The Morgan fingerprint density at radius 1 is 1.36 bits per heavy atom. The van der Waals surface area contributed by atoms with Crippen molar-refractivity contribution >= 4 is 23.9 Å². The molecule has 2 rings (SSSR count). The van der Waals surface area contributed by atoms with Crippen LogP contribution in [-0.4, -0.2) is 37.2 Å². The summed E-state index contributed by atoms with van der Waals surface area (Å²) >= 11 is 0. The molecule has 1 fully saturated rings. The molecule has 1 aliphatic rings. The van der Waals surface area contributed by atoms with Crippen molar-refractivity contribution in [2.75, 3.05) is 23.3 Å². The maximum Gasteiger partial charge on any atom is 0.407 e. The number of hydrogen-bond acceptors (Lipinski definition) is 4. The number of ether oxygens (including phenoxy) is 1. The molecule has 0 aliphatic carbocycles. The van der Waals surface area contributed by atoms with Crippen molar-refractivity contribution in [2.24, 2.45) is 0 Å². The van der Waals surface area contributed by atoms with Crippen molar-refractivity contribution in [3.63, 3.8) is 0 Å². The van der Waals surface area contributed by atoms with E-state index in [0.717, 1.165) is 24.3 Å². The van der Waals surface area contributed by atoms with Crippen LogP contribution in [0.2, 0.25) is 0 Å². The first-order valence-electron chi connectivity index (χ1n) is 7.43. The number of anilines is 2. The van der Waals surface area contributed by atoms with E-state index >= 15 is 0 Å². The van der Waals surface area contributed by atoms with E-state index in [2.05, 4.69) is 15.5 Å². The zero-order valence-electron chi connectivity index (χ0n) is 13.3. The van der Waals surface area contributed by atoms with E-state index in [-0.39, 0.29) is 6.04 Å². The number of hydrogen-bond donors (Lipinski definition) is 2. The van der Waals surface area contributed by atoms with Gasteiger partial charge in [0.05, 0.1) is 17.4 Å². The van der Waals surface area contributed by atoms with Crippen molar-refractivity contribution in [1.29, 1.82) is 0 Å². The topological polar surface area (TPSA) is 70.7 Å². The van der Waals surface area contributed by atoms with Crippen LogP contribution >= 0.6 is 0 Å². The van der Waals surface area contributed by atoms with Crippen LogP contribution in [0.1, 0.15) is 27.2 Å². The van der Waals surface area contributed by atoms with Gasteiger partial charge in [-0.3, -0.25) is 4.79 Å². The molecule has 2 amide bonds. The Kier molecular flexibility index (Phi) is 4.90. The third kappa shape index (κ3) is 4.38. The van der Waals surface area contributed by atoms with Gasteiger partial charge in [-0.1, -0.05) is 12.1 Å². The van der Waals surface area contributed by atoms with Gasteiger partial charge in [-0.25, -0.2) is 4.79 Å². The first kappa shape index (κ1) is 16.1. The molecule has 2 N–H and O–H groups in total. The number of alkyl carbamates (subject to hydrolysis) is 1. The summed E-state index contributed by atoms with van der Waals surface area (Å²) in [5.41, 5.74) is 1.24. The van der Waals surface area contributed by atoms with Crippen molar-refractivity contribution in [2.45, 2.75) is 38.8 Å². The highest BCUT2D eigenvalue weighted by Crippen LogP contribution is 2.28. The number of benzene rings is 1. The summed E-state index contributed by atoms with van der Waals surface area (Å²) in [6.45, 7) is 7.04.